The number of hydrogen-bond donors (Lipinski definition) is 2. The lowest BCUT2D eigenvalue weighted by Gasteiger charge is -2.25. The quantitative estimate of drug-likeness (QED) is 0.834. The molecule has 0 bridgehead atoms. The minimum absolute atomic E-state index is 0.0596. The topological polar surface area (TPSA) is 64.3 Å². The van der Waals surface area contributed by atoms with E-state index in [1.165, 1.54) is 12.1 Å². The summed E-state index contributed by atoms with van der Waals surface area (Å²) in [6.07, 6.45) is 0.598. The van der Waals surface area contributed by atoms with Crippen LogP contribution in [0.5, 0.6) is 5.75 Å². The molecule has 4 nitrogen and oxygen atoms in total. The number of para-hydroxylation sites is 1. The molecule has 1 aliphatic heterocycles. The number of nitrogens with one attached hydrogen (secondary N) is 1. The zero-order valence-electron chi connectivity index (χ0n) is 11.3. The normalized spacial score (nSPS) is 16.7. The largest absolute Gasteiger partial charge is 0.493 e. The highest BCUT2D eigenvalue weighted by atomic mass is 19.1. The number of anilines is 2. The number of halogens is 1. The third-order valence-corrected chi connectivity index (χ3v) is 3.54. The molecule has 108 valence electrons. The SMILES string of the molecule is Nc1ccc(NC(=O)C2CCOc3ccccc32)cc1F. The highest BCUT2D eigenvalue weighted by molar-refractivity contribution is 5.96. The Labute approximate surface area is 121 Å². The van der Waals surface area contributed by atoms with Crippen molar-refractivity contribution in [2.45, 2.75) is 12.3 Å². The van der Waals surface area contributed by atoms with Gasteiger partial charge in [0.2, 0.25) is 5.91 Å². The van der Waals surface area contributed by atoms with Crippen LogP contribution in [0.15, 0.2) is 42.5 Å². The summed E-state index contributed by atoms with van der Waals surface area (Å²) in [6, 6.07) is 11.7. The third-order valence-electron chi connectivity index (χ3n) is 3.54. The predicted octanol–water partition coefficient (Wildman–Crippen LogP) is 2.91. The van der Waals surface area contributed by atoms with Crippen molar-refractivity contribution < 1.29 is 13.9 Å². The molecule has 0 fully saturated rings. The van der Waals surface area contributed by atoms with Crippen molar-refractivity contribution in [3.05, 3.63) is 53.8 Å². The van der Waals surface area contributed by atoms with Crippen LogP contribution in [0.4, 0.5) is 15.8 Å². The Morgan fingerprint density at radius 3 is 2.90 bits per heavy atom. The zero-order chi connectivity index (χ0) is 14.8. The molecule has 2 aromatic carbocycles. The molecule has 0 saturated carbocycles. The highest BCUT2D eigenvalue weighted by Gasteiger charge is 2.27. The predicted molar refractivity (Wildman–Crippen MR) is 78.7 cm³/mol. The van der Waals surface area contributed by atoms with Crippen molar-refractivity contribution in [3.63, 3.8) is 0 Å². The molecular formula is C16H15FN2O2. The second-order valence-corrected chi connectivity index (χ2v) is 4.95. The molecule has 0 spiro atoms. The van der Waals surface area contributed by atoms with Crippen LogP contribution in [0.2, 0.25) is 0 Å². The molecule has 0 radical (unpaired) electrons. The summed E-state index contributed by atoms with van der Waals surface area (Å²) in [5.41, 5.74) is 6.74. The molecule has 1 aliphatic rings. The lowest BCUT2D eigenvalue weighted by molar-refractivity contribution is -0.118. The molecule has 1 heterocycles. The van der Waals surface area contributed by atoms with Gasteiger partial charge in [0, 0.05) is 11.3 Å². The number of nitrogens with two attached hydrogens (primary N) is 1. The van der Waals surface area contributed by atoms with E-state index in [0.717, 1.165) is 11.3 Å². The van der Waals surface area contributed by atoms with Crippen molar-refractivity contribution in [2.24, 2.45) is 0 Å². The highest BCUT2D eigenvalue weighted by Crippen LogP contribution is 2.34. The van der Waals surface area contributed by atoms with E-state index in [4.69, 9.17) is 10.5 Å². The van der Waals surface area contributed by atoms with Crippen LogP contribution in [0.3, 0.4) is 0 Å². The van der Waals surface area contributed by atoms with Gasteiger partial charge in [-0.15, -0.1) is 0 Å². The summed E-state index contributed by atoms with van der Waals surface area (Å²) < 4.78 is 18.9. The van der Waals surface area contributed by atoms with Crippen LogP contribution in [-0.4, -0.2) is 12.5 Å². The maximum absolute atomic E-state index is 13.4. The van der Waals surface area contributed by atoms with Crippen LogP contribution in [0.1, 0.15) is 17.9 Å². The third kappa shape index (κ3) is 2.67. The van der Waals surface area contributed by atoms with Gasteiger partial charge in [-0.3, -0.25) is 4.79 Å². The summed E-state index contributed by atoms with van der Waals surface area (Å²) in [7, 11) is 0. The van der Waals surface area contributed by atoms with E-state index in [1.807, 2.05) is 24.3 Å². The van der Waals surface area contributed by atoms with Gasteiger partial charge in [-0.2, -0.15) is 0 Å². The van der Waals surface area contributed by atoms with Crippen molar-refractivity contribution in [1.29, 1.82) is 0 Å². The van der Waals surface area contributed by atoms with Gasteiger partial charge in [0.25, 0.3) is 0 Å². The summed E-state index contributed by atoms with van der Waals surface area (Å²) in [6.45, 7) is 0.491. The minimum atomic E-state index is -0.542. The maximum atomic E-state index is 13.4. The number of carbonyl (C=O) groups excluding carboxylic acids is 1. The molecule has 1 unspecified atom stereocenters. The molecule has 0 saturated heterocycles. The van der Waals surface area contributed by atoms with Crippen LogP contribution in [0, 0.1) is 5.82 Å². The summed E-state index contributed by atoms with van der Waals surface area (Å²) in [4.78, 5) is 12.4. The molecular weight excluding hydrogens is 271 g/mol. The number of hydrogen-bond acceptors (Lipinski definition) is 3. The molecule has 21 heavy (non-hydrogen) atoms. The minimum Gasteiger partial charge on any atom is -0.493 e. The zero-order valence-corrected chi connectivity index (χ0v) is 11.3. The number of benzene rings is 2. The van der Waals surface area contributed by atoms with Crippen molar-refractivity contribution in [3.8, 4) is 5.75 Å². The van der Waals surface area contributed by atoms with Gasteiger partial charge in [-0.1, -0.05) is 18.2 Å². The molecule has 0 aliphatic carbocycles. The smallest absolute Gasteiger partial charge is 0.232 e. The summed E-state index contributed by atoms with van der Waals surface area (Å²) in [5.74, 6) is -0.280. The van der Waals surface area contributed by atoms with Gasteiger partial charge >= 0.3 is 0 Å². The van der Waals surface area contributed by atoms with Crippen molar-refractivity contribution in [2.75, 3.05) is 17.7 Å². The Morgan fingerprint density at radius 1 is 1.29 bits per heavy atom. The summed E-state index contributed by atoms with van der Waals surface area (Å²) in [5, 5.41) is 2.73. The van der Waals surface area contributed by atoms with Crippen LogP contribution >= 0.6 is 0 Å². The molecule has 5 heteroatoms. The van der Waals surface area contributed by atoms with E-state index in [0.29, 0.717) is 18.7 Å². The van der Waals surface area contributed by atoms with Gasteiger partial charge in [0.05, 0.1) is 18.2 Å². The fourth-order valence-electron chi connectivity index (χ4n) is 2.45. The van der Waals surface area contributed by atoms with Crippen molar-refractivity contribution >= 4 is 17.3 Å². The summed E-state index contributed by atoms with van der Waals surface area (Å²) >= 11 is 0. The monoisotopic (exact) mass is 286 g/mol. The number of amides is 1. The second-order valence-electron chi connectivity index (χ2n) is 4.95. The van der Waals surface area contributed by atoms with Crippen molar-refractivity contribution in [1.82, 2.24) is 0 Å². The standard InChI is InChI=1S/C16H15FN2O2/c17-13-9-10(5-6-14(13)18)19-16(20)12-7-8-21-15-4-2-1-3-11(12)15/h1-6,9,12H,7-8,18H2,(H,19,20). The first kappa shape index (κ1) is 13.4. The van der Waals surface area contributed by atoms with E-state index >= 15 is 0 Å². The average molecular weight is 286 g/mol. The van der Waals surface area contributed by atoms with Crippen LogP contribution < -0.4 is 15.8 Å². The molecule has 3 N–H and O–H groups in total. The number of fused-ring (bicyclic) bond motifs is 1. The van der Waals surface area contributed by atoms with Crippen LogP contribution in [-0.2, 0) is 4.79 Å². The first-order valence-corrected chi connectivity index (χ1v) is 6.73. The lowest BCUT2D eigenvalue weighted by atomic mass is 9.92. The number of rotatable bonds is 2. The lowest BCUT2D eigenvalue weighted by Crippen LogP contribution is -2.26. The Morgan fingerprint density at radius 2 is 2.10 bits per heavy atom. The first-order chi connectivity index (χ1) is 10.1. The Bertz CT molecular complexity index is 688. The molecule has 1 atom stereocenters. The van der Waals surface area contributed by atoms with Gasteiger partial charge in [-0.05, 0) is 30.7 Å². The Hall–Kier alpha value is -2.56. The maximum Gasteiger partial charge on any atom is 0.232 e. The van der Waals surface area contributed by atoms with E-state index in [1.54, 1.807) is 6.07 Å². The molecule has 3 rings (SSSR count). The van der Waals surface area contributed by atoms with E-state index in [2.05, 4.69) is 5.32 Å². The molecule has 1 amide bonds. The fraction of sp³-hybridized carbons (Fsp3) is 0.188. The number of nitrogen functional groups attached to an aromatic ring is 1. The average Bonchev–Trinajstić information content (AvgIpc) is 2.50. The molecule has 0 aromatic heterocycles. The Kier molecular flexibility index (Phi) is 3.48. The first-order valence-electron chi connectivity index (χ1n) is 6.73. The molecule has 2 aromatic rings. The van der Waals surface area contributed by atoms with E-state index in [-0.39, 0.29) is 17.5 Å². The van der Waals surface area contributed by atoms with Gasteiger partial charge < -0.3 is 15.8 Å². The Balaban J connectivity index is 1.81. The van der Waals surface area contributed by atoms with Gasteiger partial charge in [0.15, 0.2) is 0 Å². The van der Waals surface area contributed by atoms with Gasteiger partial charge in [0.1, 0.15) is 11.6 Å². The van der Waals surface area contributed by atoms with E-state index < -0.39 is 5.82 Å². The van der Waals surface area contributed by atoms with Gasteiger partial charge in [-0.25, -0.2) is 4.39 Å². The fourth-order valence-corrected chi connectivity index (χ4v) is 2.45. The van der Waals surface area contributed by atoms with Crippen LogP contribution in [0.25, 0.3) is 0 Å². The number of carbonyl (C=O) groups is 1. The van der Waals surface area contributed by atoms with E-state index in [9.17, 15) is 9.18 Å². The second kappa shape index (κ2) is 5.44. The number of ether oxygens (including phenoxy) is 1.